The Labute approximate surface area is 201 Å². The predicted molar refractivity (Wildman–Crippen MR) is 134 cm³/mol. The Bertz CT molecular complexity index is 640. The summed E-state index contributed by atoms with van der Waals surface area (Å²) in [5, 5.41) is 11.9. The lowest BCUT2D eigenvalue weighted by molar-refractivity contribution is -0.140. The molecule has 0 spiro atoms. The van der Waals surface area contributed by atoms with Gasteiger partial charge in [0.25, 0.3) is 0 Å². The molecule has 1 heterocycles. The fourth-order valence-electron chi connectivity index (χ4n) is 2.76. The van der Waals surface area contributed by atoms with Crippen LogP contribution in [0.5, 0.6) is 0 Å². The van der Waals surface area contributed by atoms with Crippen molar-refractivity contribution in [2.75, 3.05) is 30.3 Å². The summed E-state index contributed by atoms with van der Waals surface area (Å²) in [4.78, 5) is 49.2. The van der Waals surface area contributed by atoms with Crippen LogP contribution < -0.4 is 5.32 Å². The second-order valence-electron chi connectivity index (χ2n) is 8.42. The molecule has 178 valence electrons. The van der Waals surface area contributed by atoms with E-state index in [1.54, 1.807) is 45.1 Å². The molecule has 1 aliphatic heterocycles. The Morgan fingerprint density at radius 3 is 2.42 bits per heavy atom. The topological polar surface area (TPSA) is 104 Å². The van der Waals surface area contributed by atoms with Gasteiger partial charge in [0.05, 0.1) is 17.6 Å². The van der Waals surface area contributed by atoms with Crippen LogP contribution in [0.4, 0.5) is 0 Å². The number of carbonyl (C=O) groups excluding carboxylic acids is 3. The summed E-state index contributed by atoms with van der Waals surface area (Å²) < 4.78 is -0.0669. The number of amides is 3. The van der Waals surface area contributed by atoms with Gasteiger partial charge in [-0.2, -0.15) is 11.8 Å². The number of carboxylic acids is 1. The molecule has 1 saturated heterocycles. The number of rotatable bonds is 14. The van der Waals surface area contributed by atoms with Gasteiger partial charge < -0.3 is 10.4 Å². The lowest BCUT2D eigenvalue weighted by Crippen LogP contribution is -2.35. The number of imide groups is 1. The molecule has 3 amide bonds. The molecule has 0 aromatic carbocycles. The third-order valence-corrected chi connectivity index (χ3v) is 9.10. The molecule has 2 N–H and O–H groups in total. The van der Waals surface area contributed by atoms with Gasteiger partial charge in [0.2, 0.25) is 17.7 Å². The molecular weight excluding hydrogens is 476 g/mol. The molecule has 1 rings (SSSR count). The summed E-state index contributed by atoms with van der Waals surface area (Å²) in [5.74, 6) is -0.133. The van der Waals surface area contributed by atoms with Crippen molar-refractivity contribution in [3.63, 3.8) is 0 Å². The Morgan fingerprint density at radius 2 is 1.84 bits per heavy atom. The predicted octanol–water partition coefficient (Wildman–Crippen LogP) is 3.38. The van der Waals surface area contributed by atoms with Gasteiger partial charge >= 0.3 is 5.97 Å². The lowest BCUT2D eigenvalue weighted by atomic mass is 10.1. The molecule has 0 aromatic heterocycles. The fourth-order valence-corrected chi connectivity index (χ4v) is 6.81. The van der Waals surface area contributed by atoms with Gasteiger partial charge in [-0.3, -0.25) is 24.1 Å². The molecule has 31 heavy (non-hydrogen) atoms. The van der Waals surface area contributed by atoms with E-state index in [-0.39, 0.29) is 40.6 Å². The standard InChI is InChI=1S/C20H34N2O5S4/c1-13(2)28-12-14(10-17(24)25)18(26)21-6-8-29-30-9-7-22-16(23)11-15(19(22)27)31-20(3,4)5/h13-15H,6-12H2,1-5H3,(H,21,26)(H,24,25). The van der Waals surface area contributed by atoms with E-state index in [4.69, 9.17) is 5.11 Å². The Hall–Kier alpha value is -0.520. The first kappa shape index (κ1) is 28.5. The number of hydrogen-bond acceptors (Lipinski definition) is 8. The van der Waals surface area contributed by atoms with Crippen molar-refractivity contribution in [2.24, 2.45) is 5.92 Å². The maximum Gasteiger partial charge on any atom is 0.304 e. The molecular formula is C20H34N2O5S4. The molecule has 1 fully saturated rings. The highest BCUT2D eigenvalue weighted by Crippen LogP contribution is 2.34. The maximum atomic E-state index is 12.4. The van der Waals surface area contributed by atoms with Crippen LogP contribution in [0.2, 0.25) is 0 Å². The zero-order valence-electron chi connectivity index (χ0n) is 18.8. The van der Waals surface area contributed by atoms with Crippen LogP contribution in [-0.4, -0.2) is 79.3 Å². The molecule has 0 radical (unpaired) electrons. The SMILES string of the molecule is CC(C)SCC(CC(=O)O)C(=O)NCCSSCCN1C(=O)CC(SC(C)(C)C)C1=O. The first-order valence-corrected chi connectivity index (χ1v) is 14.7. The molecule has 0 bridgehead atoms. The monoisotopic (exact) mass is 510 g/mol. The van der Waals surface area contributed by atoms with Crippen LogP contribution in [0.25, 0.3) is 0 Å². The molecule has 0 saturated carbocycles. The Morgan fingerprint density at radius 1 is 1.19 bits per heavy atom. The van der Waals surface area contributed by atoms with Gasteiger partial charge in [0.1, 0.15) is 0 Å². The molecule has 1 aliphatic rings. The smallest absolute Gasteiger partial charge is 0.304 e. The second kappa shape index (κ2) is 13.9. The fraction of sp³-hybridized carbons (Fsp3) is 0.800. The average molecular weight is 511 g/mol. The largest absolute Gasteiger partial charge is 0.481 e. The lowest BCUT2D eigenvalue weighted by Gasteiger charge is -2.21. The van der Waals surface area contributed by atoms with Gasteiger partial charge in [-0.05, 0) is 5.25 Å². The van der Waals surface area contributed by atoms with Crippen LogP contribution in [0, 0.1) is 5.92 Å². The quantitative estimate of drug-likeness (QED) is 0.207. The van der Waals surface area contributed by atoms with Crippen molar-refractivity contribution in [1.29, 1.82) is 0 Å². The molecule has 2 atom stereocenters. The number of carbonyl (C=O) groups is 4. The van der Waals surface area contributed by atoms with Crippen LogP contribution >= 0.6 is 45.1 Å². The number of nitrogens with one attached hydrogen (secondary N) is 1. The van der Waals surface area contributed by atoms with E-state index in [2.05, 4.69) is 5.32 Å². The molecule has 0 aliphatic carbocycles. The zero-order chi connectivity index (χ0) is 23.6. The normalized spacial score (nSPS) is 18.0. The third kappa shape index (κ3) is 11.8. The highest BCUT2D eigenvalue weighted by Gasteiger charge is 2.40. The molecule has 2 unspecified atom stereocenters. The number of carboxylic acid groups (broad SMARTS) is 1. The number of hydrogen-bond donors (Lipinski definition) is 2. The average Bonchev–Trinajstić information content (AvgIpc) is 2.89. The first-order chi connectivity index (χ1) is 14.4. The van der Waals surface area contributed by atoms with Crippen molar-refractivity contribution in [3.05, 3.63) is 0 Å². The van der Waals surface area contributed by atoms with Crippen LogP contribution in [0.1, 0.15) is 47.5 Å². The minimum Gasteiger partial charge on any atom is -0.481 e. The number of thioether (sulfide) groups is 2. The summed E-state index contributed by atoms with van der Waals surface area (Å²) in [6.07, 6.45) is 0.108. The van der Waals surface area contributed by atoms with E-state index in [1.807, 2.05) is 34.6 Å². The maximum absolute atomic E-state index is 12.4. The van der Waals surface area contributed by atoms with E-state index < -0.39 is 11.9 Å². The number of aliphatic carboxylic acids is 1. The minimum atomic E-state index is -0.969. The summed E-state index contributed by atoms with van der Waals surface area (Å²) >= 11 is 3.12. The number of likely N-dealkylation sites (tertiary alicyclic amines) is 1. The van der Waals surface area contributed by atoms with Crippen molar-refractivity contribution < 1.29 is 24.3 Å². The van der Waals surface area contributed by atoms with E-state index in [9.17, 15) is 19.2 Å². The minimum absolute atomic E-state index is 0.0669. The Kier molecular flexibility index (Phi) is 12.8. The summed E-state index contributed by atoms with van der Waals surface area (Å²) in [7, 11) is 3.12. The first-order valence-electron chi connectivity index (χ1n) is 10.3. The van der Waals surface area contributed by atoms with Gasteiger partial charge in [-0.15, -0.1) is 11.8 Å². The van der Waals surface area contributed by atoms with Gasteiger partial charge in [0, 0.05) is 41.5 Å². The van der Waals surface area contributed by atoms with Gasteiger partial charge in [-0.25, -0.2) is 0 Å². The Balaban J connectivity index is 2.25. The van der Waals surface area contributed by atoms with Crippen LogP contribution in [0.3, 0.4) is 0 Å². The second-order valence-corrected chi connectivity index (χ2v) is 14.8. The molecule has 11 heteroatoms. The van der Waals surface area contributed by atoms with E-state index >= 15 is 0 Å². The van der Waals surface area contributed by atoms with E-state index in [0.717, 1.165) is 0 Å². The molecule has 0 aromatic rings. The van der Waals surface area contributed by atoms with Crippen molar-refractivity contribution in [3.8, 4) is 0 Å². The van der Waals surface area contributed by atoms with Crippen molar-refractivity contribution in [2.45, 2.75) is 62.7 Å². The highest BCUT2D eigenvalue weighted by atomic mass is 33.1. The van der Waals surface area contributed by atoms with Gasteiger partial charge in [0.15, 0.2) is 0 Å². The number of nitrogens with zero attached hydrogens (tertiary/aromatic N) is 1. The third-order valence-electron chi connectivity index (χ3n) is 4.09. The van der Waals surface area contributed by atoms with E-state index in [0.29, 0.717) is 35.6 Å². The molecule has 7 nitrogen and oxygen atoms in total. The van der Waals surface area contributed by atoms with Gasteiger partial charge in [-0.1, -0.05) is 56.2 Å². The zero-order valence-corrected chi connectivity index (χ0v) is 22.1. The van der Waals surface area contributed by atoms with E-state index in [1.165, 1.54) is 4.90 Å². The summed E-state index contributed by atoms with van der Waals surface area (Å²) in [6.45, 7) is 11.0. The van der Waals surface area contributed by atoms with Crippen molar-refractivity contribution in [1.82, 2.24) is 10.2 Å². The highest BCUT2D eigenvalue weighted by molar-refractivity contribution is 8.76. The van der Waals surface area contributed by atoms with Crippen LogP contribution in [-0.2, 0) is 19.2 Å². The summed E-state index contributed by atoms with van der Waals surface area (Å²) in [6, 6.07) is 0. The van der Waals surface area contributed by atoms with Crippen LogP contribution in [0.15, 0.2) is 0 Å². The summed E-state index contributed by atoms with van der Waals surface area (Å²) in [5.41, 5.74) is 0. The van der Waals surface area contributed by atoms with Crippen molar-refractivity contribution >= 4 is 68.8 Å².